The summed E-state index contributed by atoms with van der Waals surface area (Å²) >= 11 is 6.57. The van der Waals surface area contributed by atoms with Crippen molar-refractivity contribution < 1.29 is 31.9 Å². The number of alkyl halides is 3. The van der Waals surface area contributed by atoms with E-state index >= 15 is 0 Å². The molecule has 0 atom stereocenters. The van der Waals surface area contributed by atoms with Crippen LogP contribution in [-0.4, -0.2) is 31.6 Å². The van der Waals surface area contributed by atoms with Gasteiger partial charge < -0.3 is 10.1 Å². The molecule has 0 radical (unpaired) electrons. The van der Waals surface area contributed by atoms with Gasteiger partial charge in [0.15, 0.2) is 5.78 Å². The molecule has 0 aliphatic carbocycles. The SMILES string of the molecule is COc1cc(F)ccc1Sc1cc(C(F)(F)F)c(Cl)cc1C(=O)NC1=CC(=O)CN=C1. The van der Waals surface area contributed by atoms with Crippen LogP contribution in [0.4, 0.5) is 17.6 Å². The van der Waals surface area contributed by atoms with Crippen LogP contribution in [0.15, 0.2) is 56.9 Å². The summed E-state index contributed by atoms with van der Waals surface area (Å²) < 4.78 is 58.7. The van der Waals surface area contributed by atoms with E-state index in [4.69, 9.17) is 16.3 Å². The normalized spacial score (nSPS) is 13.7. The fourth-order valence-electron chi connectivity index (χ4n) is 2.63. The zero-order valence-electron chi connectivity index (χ0n) is 15.7. The van der Waals surface area contributed by atoms with Crippen molar-refractivity contribution in [2.75, 3.05) is 13.7 Å². The van der Waals surface area contributed by atoms with Crippen molar-refractivity contribution in [1.29, 1.82) is 0 Å². The van der Waals surface area contributed by atoms with Gasteiger partial charge in [0.1, 0.15) is 18.1 Å². The predicted molar refractivity (Wildman–Crippen MR) is 107 cm³/mol. The summed E-state index contributed by atoms with van der Waals surface area (Å²) in [7, 11) is 1.28. The molecule has 0 aromatic heterocycles. The Bertz CT molecular complexity index is 1120. The Balaban J connectivity index is 2.06. The molecular formula is C20H13ClF4N2O3S. The highest BCUT2D eigenvalue weighted by molar-refractivity contribution is 7.99. The minimum atomic E-state index is -4.76. The average molecular weight is 473 g/mol. The van der Waals surface area contributed by atoms with E-state index in [0.717, 1.165) is 42.1 Å². The lowest BCUT2D eigenvalue weighted by molar-refractivity contribution is -0.137. The number of methoxy groups -OCH3 is 1. The number of hydrogen-bond acceptors (Lipinski definition) is 5. The molecule has 1 aliphatic heterocycles. The third-order valence-corrected chi connectivity index (χ3v) is 5.44. The molecule has 5 nitrogen and oxygen atoms in total. The summed E-state index contributed by atoms with van der Waals surface area (Å²) in [5.41, 5.74) is -1.22. The first-order chi connectivity index (χ1) is 14.6. The molecule has 1 amide bonds. The molecule has 1 N–H and O–H groups in total. The monoisotopic (exact) mass is 472 g/mol. The second kappa shape index (κ2) is 9.11. The number of allylic oxidation sites excluding steroid dienone is 1. The molecule has 0 unspecified atom stereocenters. The summed E-state index contributed by atoms with van der Waals surface area (Å²) in [4.78, 5) is 28.2. The van der Waals surface area contributed by atoms with Crippen LogP contribution < -0.4 is 10.1 Å². The quantitative estimate of drug-likeness (QED) is 0.627. The maximum absolute atomic E-state index is 13.5. The summed E-state index contributed by atoms with van der Waals surface area (Å²) in [6.07, 6.45) is -2.34. The van der Waals surface area contributed by atoms with Crippen molar-refractivity contribution in [3.05, 3.63) is 64.1 Å². The molecule has 11 heteroatoms. The summed E-state index contributed by atoms with van der Waals surface area (Å²) in [5, 5.41) is 1.75. The van der Waals surface area contributed by atoms with Crippen molar-refractivity contribution in [2.45, 2.75) is 16.0 Å². The minimum absolute atomic E-state index is 0.0586. The van der Waals surface area contributed by atoms with E-state index in [2.05, 4.69) is 10.3 Å². The van der Waals surface area contributed by atoms with Crippen molar-refractivity contribution in [1.82, 2.24) is 5.32 Å². The van der Waals surface area contributed by atoms with E-state index in [1.165, 1.54) is 19.4 Å². The second-order valence-corrected chi connectivity index (χ2v) is 7.70. The molecule has 0 saturated heterocycles. The van der Waals surface area contributed by atoms with E-state index in [1.54, 1.807) is 0 Å². The number of rotatable bonds is 5. The zero-order valence-corrected chi connectivity index (χ0v) is 17.3. The summed E-state index contributed by atoms with van der Waals surface area (Å²) in [5.74, 6) is -1.66. The molecule has 0 fully saturated rings. The Labute approximate surface area is 183 Å². The van der Waals surface area contributed by atoms with Crippen LogP contribution in [-0.2, 0) is 11.0 Å². The second-order valence-electron chi connectivity index (χ2n) is 6.21. The van der Waals surface area contributed by atoms with E-state index in [-0.39, 0.29) is 39.1 Å². The van der Waals surface area contributed by atoms with Crippen LogP contribution in [0.25, 0.3) is 0 Å². The largest absolute Gasteiger partial charge is 0.495 e. The molecule has 162 valence electrons. The Hall–Kier alpha value is -2.85. The third kappa shape index (κ3) is 5.45. The number of halogens is 5. The molecular weight excluding hydrogens is 460 g/mol. The fraction of sp³-hybridized carbons (Fsp3) is 0.150. The maximum atomic E-state index is 13.5. The summed E-state index contributed by atoms with van der Waals surface area (Å²) in [6.45, 7) is -0.0586. The van der Waals surface area contributed by atoms with Crippen molar-refractivity contribution in [3.8, 4) is 5.75 Å². The Kier molecular flexibility index (Phi) is 6.71. The molecule has 3 rings (SSSR count). The molecule has 0 saturated carbocycles. The Morgan fingerprint density at radius 3 is 2.61 bits per heavy atom. The number of ketones is 1. The number of benzene rings is 2. The molecule has 2 aromatic rings. The molecule has 0 spiro atoms. The predicted octanol–water partition coefficient (Wildman–Crippen LogP) is 4.92. The Morgan fingerprint density at radius 1 is 1.23 bits per heavy atom. The molecule has 2 aromatic carbocycles. The van der Waals surface area contributed by atoms with Gasteiger partial charge in [-0.25, -0.2) is 4.39 Å². The lowest BCUT2D eigenvalue weighted by Gasteiger charge is -2.16. The molecule has 0 bridgehead atoms. The summed E-state index contributed by atoms with van der Waals surface area (Å²) in [6, 6.07) is 5.12. The minimum Gasteiger partial charge on any atom is -0.495 e. The average Bonchev–Trinajstić information content (AvgIpc) is 2.69. The highest BCUT2D eigenvalue weighted by Crippen LogP contribution is 2.42. The van der Waals surface area contributed by atoms with Gasteiger partial charge in [-0.15, -0.1) is 0 Å². The van der Waals surface area contributed by atoms with Gasteiger partial charge in [-0.05, 0) is 24.3 Å². The number of aliphatic imine (C=N–C) groups is 1. The lowest BCUT2D eigenvalue weighted by atomic mass is 10.1. The van der Waals surface area contributed by atoms with Gasteiger partial charge in [0.05, 0.1) is 33.9 Å². The smallest absolute Gasteiger partial charge is 0.417 e. The van der Waals surface area contributed by atoms with Gasteiger partial charge in [-0.2, -0.15) is 13.2 Å². The number of carbonyl (C=O) groups excluding carboxylic acids is 2. The first kappa shape index (κ1) is 22.8. The number of ether oxygens (including phenoxy) is 1. The van der Waals surface area contributed by atoms with Crippen LogP contribution in [0.2, 0.25) is 5.02 Å². The highest BCUT2D eigenvalue weighted by Gasteiger charge is 2.35. The number of carbonyl (C=O) groups is 2. The van der Waals surface area contributed by atoms with E-state index < -0.39 is 28.5 Å². The molecule has 31 heavy (non-hydrogen) atoms. The van der Waals surface area contributed by atoms with E-state index in [0.29, 0.717) is 0 Å². The standard InChI is InChI=1S/C20H13ClF4N2O3S/c1-30-16-4-10(22)2-3-17(16)31-18-7-14(20(23,24)25)15(21)6-13(18)19(29)27-11-5-12(28)9-26-8-11/h2-8H,9H2,1H3,(H,27,29). The van der Waals surface area contributed by atoms with Crippen LogP contribution in [0.1, 0.15) is 15.9 Å². The van der Waals surface area contributed by atoms with Crippen molar-refractivity contribution in [3.63, 3.8) is 0 Å². The fourth-order valence-corrected chi connectivity index (χ4v) is 3.96. The zero-order chi connectivity index (χ0) is 22.8. The van der Waals surface area contributed by atoms with Crippen molar-refractivity contribution in [2.24, 2.45) is 4.99 Å². The van der Waals surface area contributed by atoms with Crippen LogP contribution >= 0.6 is 23.4 Å². The van der Waals surface area contributed by atoms with Gasteiger partial charge in [0.2, 0.25) is 0 Å². The first-order valence-corrected chi connectivity index (χ1v) is 9.75. The number of amides is 1. The first-order valence-electron chi connectivity index (χ1n) is 8.56. The van der Waals surface area contributed by atoms with Gasteiger partial charge in [0, 0.05) is 23.3 Å². The Morgan fingerprint density at radius 2 is 1.97 bits per heavy atom. The van der Waals surface area contributed by atoms with Gasteiger partial charge >= 0.3 is 6.18 Å². The van der Waals surface area contributed by atoms with Gasteiger partial charge in [0.25, 0.3) is 5.91 Å². The van der Waals surface area contributed by atoms with Gasteiger partial charge in [-0.1, -0.05) is 23.4 Å². The number of hydrogen-bond donors (Lipinski definition) is 1. The van der Waals surface area contributed by atoms with E-state index in [1.807, 2.05) is 0 Å². The highest BCUT2D eigenvalue weighted by atomic mass is 35.5. The van der Waals surface area contributed by atoms with Crippen molar-refractivity contribution >= 4 is 41.3 Å². The number of dihydropyridines is 1. The topological polar surface area (TPSA) is 67.8 Å². The van der Waals surface area contributed by atoms with Gasteiger partial charge in [-0.3, -0.25) is 14.6 Å². The van der Waals surface area contributed by atoms with Crippen LogP contribution in [0.5, 0.6) is 5.75 Å². The van der Waals surface area contributed by atoms with Crippen LogP contribution in [0, 0.1) is 5.82 Å². The van der Waals surface area contributed by atoms with E-state index in [9.17, 15) is 27.2 Å². The van der Waals surface area contributed by atoms with Crippen LogP contribution in [0.3, 0.4) is 0 Å². The molecule has 1 aliphatic rings. The number of nitrogens with one attached hydrogen (secondary N) is 1. The number of nitrogens with zero attached hydrogens (tertiary/aromatic N) is 1. The maximum Gasteiger partial charge on any atom is 0.417 e. The third-order valence-electron chi connectivity index (χ3n) is 4.02. The lowest BCUT2D eigenvalue weighted by Crippen LogP contribution is -2.27. The molecule has 1 heterocycles.